The van der Waals surface area contributed by atoms with Crippen molar-refractivity contribution in [2.45, 2.75) is 70.4 Å². The van der Waals surface area contributed by atoms with Crippen molar-refractivity contribution in [2.24, 2.45) is 0 Å². The lowest BCUT2D eigenvalue weighted by atomic mass is 9.93. The van der Waals surface area contributed by atoms with Crippen LogP contribution in [0, 0.1) is 0 Å². The molecule has 0 amide bonds. The van der Waals surface area contributed by atoms with Crippen LogP contribution in [0.2, 0.25) is 0 Å². The molecule has 172 valence electrons. The highest BCUT2D eigenvalue weighted by Crippen LogP contribution is 2.29. The van der Waals surface area contributed by atoms with E-state index in [0.29, 0.717) is 12.0 Å². The molecular formula is C25H36N6O. The van der Waals surface area contributed by atoms with Crippen molar-refractivity contribution in [3.63, 3.8) is 0 Å². The number of unbranched alkanes of at least 4 members (excludes halogenated alkanes) is 1. The Bertz CT molecular complexity index is 882. The average Bonchev–Trinajstić information content (AvgIpc) is 2.82. The van der Waals surface area contributed by atoms with Gasteiger partial charge in [0.2, 0.25) is 5.95 Å². The first-order valence-corrected chi connectivity index (χ1v) is 12.1. The number of nitrogens with one attached hydrogen (secondary N) is 3. The summed E-state index contributed by atoms with van der Waals surface area (Å²) in [6.45, 7) is 5.15. The maximum absolute atomic E-state index is 9.85. The van der Waals surface area contributed by atoms with Crippen LogP contribution in [0.3, 0.4) is 0 Å². The van der Waals surface area contributed by atoms with E-state index in [1.807, 2.05) is 12.4 Å². The van der Waals surface area contributed by atoms with Gasteiger partial charge in [0.25, 0.3) is 0 Å². The predicted molar refractivity (Wildman–Crippen MR) is 131 cm³/mol. The maximum Gasteiger partial charge on any atom is 0.224 e. The van der Waals surface area contributed by atoms with Crippen LogP contribution in [0.1, 0.15) is 63.9 Å². The monoisotopic (exact) mass is 436 g/mol. The number of rotatable bonds is 8. The second kappa shape index (κ2) is 11.4. The first-order valence-electron chi connectivity index (χ1n) is 12.1. The highest BCUT2D eigenvalue weighted by Gasteiger charge is 2.21. The number of pyridine rings is 1. The molecule has 4 N–H and O–H groups in total. The van der Waals surface area contributed by atoms with Crippen LogP contribution in [0.25, 0.3) is 17.3 Å². The van der Waals surface area contributed by atoms with Gasteiger partial charge in [0.05, 0.1) is 17.4 Å². The molecule has 1 saturated heterocycles. The Hall–Kier alpha value is -2.51. The smallest absolute Gasteiger partial charge is 0.224 e. The second-order valence-corrected chi connectivity index (χ2v) is 8.92. The molecule has 4 rings (SSSR count). The lowest BCUT2D eigenvalue weighted by molar-refractivity contribution is 0.126. The molecule has 0 bridgehead atoms. The zero-order valence-electron chi connectivity index (χ0n) is 19.1. The SMILES string of the molecule is CCCCNc1ncc(-c2ccc(C=C3CCNCC3)cn2)c(NC2CCC(O)CC2)n1. The fourth-order valence-corrected chi connectivity index (χ4v) is 4.33. The largest absolute Gasteiger partial charge is 0.393 e. The predicted octanol–water partition coefficient (Wildman–Crippen LogP) is 4.23. The van der Waals surface area contributed by atoms with Gasteiger partial charge in [0.15, 0.2) is 0 Å². The van der Waals surface area contributed by atoms with Gasteiger partial charge in [0.1, 0.15) is 5.82 Å². The molecule has 2 aliphatic rings. The summed E-state index contributed by atoms with van der Waals surface area (Å²) in [6.07, 6.45) is 13.9. The molecule has 1 aliphatic heterocycles. The molecule has 0 spiro atoms. The number of aromatic nitrogens is 3. The van der Waals surface area contributed by atoms with Gasteiger partial charge in [-0.2, -0.15) is 4.98 Å². The Kier molecular flexibility index (Phi) is 8.07. The van der Waals surface area contributed by atoms with Crippen LogP contribution in [0.5, 0.6) is 0 Å². The van der Waals surface area contributed by atoms with E-state index in [9.17, 15) is 5.11 Å². The molecule has 1 saturated carbocycles. The standard InChI is InChI=1S/C25H36N6O/c1-2-3-12-27-25-29-17-22(24(31-25)30-20-5-7-21(32)8-6-20)23-9-4-19(16-28-23)15-18-10-13-26-14-11-18/h4,9,15-17,20-21,26,32H,2-3,5-8,10-14H2,1H3,(H2,27,29,30,31). The quantitative estimate of drug-likeness (QED) is 0.460. The van der Waals surface area contributed by atoms with E-state index < -0.39 is 0 Å². The average molecular weight is 437 g/mol. The summed E-state index contributed by atoms with van der Waals surface area (Å²) in [5, 5.41) is 20.2. The lowest BCUT2D eigenvalue weighted by Crippen LogP contribution is -2.29. The minimum atomic E-state index is -0.174. The van der Waals surface area contributed by atoms with Crippen molar-refractivity contribution in [1.29, 1.82) is 0 Å². The van der Waals surface area contributed by atoms with Gasteiger partial charge in [-0.05, 0) is 69.7 Å². The van der Waals surface area contributed by atoms with Gasteiger partial charge in [-0.25, -0.2) is 4.98 Å². The Morgan fingerprint density at radius 3 is 2.62 bits per heavy atom. The summed E-state index contributed by atoms with van der Waals surface area (Å²) in [7, 11) is 0. The van der Waals surface area contributed by atoms with Crippen molar-refractivity contribution < 1.29 is 5.11 Å². The number of aliphatic hydroxyl groups excluding tert-OH is 1. The second-order valence-electron chi connectivity index (χ2n) is 8.92. The first kappa shape index (κ1) is 22.7. The molecule has 0 aromatic carbocycles. The number of aliphatic hydroxyl groups is 1. The van der Waals surface area contributed by atoms with Gasteiger partial charge in [0, 0.05) is 25.0 Å². The van der Waals surface area contributed by atoms with Crippen molar-refractivity contribution >= 4 is 17.8 Å². The number of piperidine rings is 1. The lowest BCUT2D eigenvalue weighted by Gasteiger charge is -2.27. The summed E-state index contributed by atoms with van der Waals surface area (Å²) in [5.74, 6) is 1.46. The number of anilines is 2. The van der Waals surface area contributed by atoms with Crippen LogP contribution >= 0.6 is 0 Å². The fraction of sp³-hybridized carbons (Fsp3) is 0.560. The van der Waals surface area contributed by atoms with Crippen molar-refractivity contribution in [3.8, 4) is 11.3 Å². The zero-order valence-corrected chi connectivity index (χ0v) is 19.1. The summed E-state index contributed by atoms with van der Waals surface area (Å²) >= 11 is 0. The van der Waals surface area contributed by atoms with Crippen LogP contribution in [-0.2, 0) is 0 Å². The summed E-state index contributed by atoms with van der Waals surface area (Å²) < 4.78 is 0. The first-order chi connectivity index (χ1) is 15.7. The Morgan fingerprint density at radius 1 is 1.09 bits per heavy atom. The third-order valence-corrected chi connectivity index (χ3v) is 6.32. The molecule has 0 atom stereocenters. The van der Waals surface area contributed by atoms with E-state index in [1.165, 1.54) is 5.57 Å². The van der Waals surface area contributed by atoms with Gasteiger partial charge >= 0.3 is 0 Å². The van der Waals surface area contributed by atoms with E-state index in [1.54, 1.807) is 0 Å². The zero-order chi connectivity index (χ0) is 22.2. The highest BCUT2D eigenvalue weighted by atomic mass is 16.3. The van der Waals surface area contributed by atoms with E-state index in [0.717, 1.165) is 93.6 Å². The van der Waals surface area contributed by atoms with E-state index in [-0.39, 0.29) is 6.10 Å². The number of nitrogens with zero attached hydrogens (tertiary/aromatic N) is 3. The Balaban J connectivity index is 1.54. The van der Waals surface area contributed by atoms with Gasteiger partial charge < -0.3 is 21.1 Å². The fourth-order valence-electron chi connectivity index (χ4n) is 4.33. The topological polar surface area (TPSA) is 95.0 Å². The van der Waals surface area contributed by atoms with Gasteiger partial charge in [-0.3, -0.25) is 4.98 Å². The molecular weight excluding hydrogens is 400 g/mol. The van der Waals surface area contributed by atoms with Crippen LogP contribution in [0.4, 0.5) is 11.8 Å². The molecule has 32 heavy (non-hydrogen) atoms. The summed E-state index contributed by atoms with van der Waals surface area (Å²) in [6, 6.07) is 4.50. The Morgan fingerprint density at radius 2 is 1.91 bits per heavy atom. The minimum Gasteiger partial charge on any atom is -0.393 e. The molecule has 3 heterocycles. The summed E-state index contributed by atoms with van der Waals surface area (Å²) in [4.78, 5) is 14.1. The van der Waals surface area contributed by atoms with E-state index in [4.69, 9.17) is 9.97 Å². The molecule has 1 aliphatic carbocycles. The van der Waals surface area contributed by atoms with Crippen LogP contribution in [-0.4, -0.2) is 51.8 Å². The minimum absolute atomic E-state index is 0.174. The van der Waals surface area contributed by atoms with Crippen LogP contribution < -0.4 is 16.0 Å². The normalized spacial score (nSPS) is 21.2. The van der Waals surface area contributed by atoms with E-state index >= 15 is 0 Å². The van der Waals surface area contributed by atoms with Crippen molar-refractivity contribution in [3.05, 3.63) is 35.7 Å². The molecule has 7 heteroatoms. The van der Waals surface area contributed by atoms with Gasteiger partial charge in [-0.1, -0.05) is 31.1 Å². The number of hydrogen-bond acceptors (Lipinski definition) is 7. The molecule has 0 radical (unpaired) electrons. The Labute approximate surface area is 191 Å². The molecule has 0 unspecified atom stereocenters. The number of hydrogen-bond donors (Lipinski definition) is 4. The van der Waals surface area contributed by atoms with Crippen molar-refractivity contribution in [1.82, 2.24) is 20.3 Å². The highest BCUT2D eigenvalue weighted by molar-refractivity contribution is 5.73. The van der Waals surface area contributed by atoms with Crippen LogP contribution in [0.15, 0.2) is 30.1 Å². The molecule has 2 fully saturated rings. The summed E-state index contributed by atoms with van der Waals surface area (Å²) in [5.41, 5.74) is 4.40. The molecule has 2 aromatic heterocycles. The maximum atomic E-state index is 9.85. The van der Waals surface area contributed by atoms with Gasteiger partial charge in [-0.15, -0.1) is 0 Å². The molecule has 7 nitrogen and oxygen atoms in total. The van der Waals surface area contributed by atoms with Crippen molar-refractivity contribution in [2.75, 3.05) is 30.3 Å². The molecule has 2 aromatic rings. The van der Waals surface area contributed by atoms with E-state index in [2.05, 4.69) is 46.1 Å². The third kappa shape index (κ3) is 6.26. The third-order valence-electron chi connectivity index (χ3n) is 6.32.